The minimum absolute atomic E-state index is 0.0914. The van der Waals surface area contributed by atoms with Gasteiger partial charge in [0.25, 0.3) is 0 Å². The largest absolute Gasteiger partial charge is 0.469 e. The second-order valence-corrected chi connectivity index (χ2v) is 6.57. The highest BCUT2D eigenvalue weighted by molar-refractivity contribution is 5.78. The van der Waals surface area contributed by atoms with Crippen molar-refractivity contribution in [2.45, 2.75) is 19.8 Å². The Bertz CT molecular complexity index is 722. The molecule has 1 fully saturated rings. The van der Waals surface area contributed by atoms with Gasteiger partial charge in [0.15, 0.2) is 0 Å². The van der Waals surface area contributed by atoms with E-state index in [1.807, 2.05) is 37.3 Å². The van der Waals surface area contributed by atoms with Crippen LogP contribution in [0.1, 0.15) is 19.1 Å². The first-order valence-electron chi connectivity index (χ1n) is 8.66. The number of methoxy groups -OCH3 is 1. The number of esters is 1. The Labute approximate surface area is 147 Å². The number of urea groups is 1. The van der Waals surface area contributed by atoms with E-state index in [1.54, 1.807) is 4.90 Å². The molecule has 1 saturated heterocycles. The summed E-state index contributed by atoms with van der Waals surface area (Å²) in [6, 6.07) is 9.77. The number of carbonyl (C=O) groups is 2. The van der Waals surface area contributed by atoms with E-state index in [0.717, 1.165) is 16.7 Å². The number of hydrogen-bond donors (Lipinski definition) is 1. The van der Waals surface area contributed by atoms with Gasteiger partial charge in [0, 0.05) is 31.4 Å². The number of nitrogens with one attached hydrogen (secondary N) is 1. The van der Waals surface area contributed by atoms with Crippen LogP contribution in [0.25, 0.3) is 11.0 Å². The van der Waals surface area contributed by atoms with E-state index >= 15 is 0 Å². The number of nitrogens with zero attached hydrogens (tertiary/aromatic N) is 1. The van der Waals surface area contributed by atoms with E-state index in [2.05, 4.69) is 5.32 Å². The number of hydrogen-bond acceptors (Lipinski definition) is 4. The number of ether oxygens (including phenoxy) is 1. The van der Waals surface area contributed by atoms with Crippen molar-refractivity contribution in [1.29, 1.82) is 0 Å². The average Bonchev–Trinajstić information content (AvgIpc) is 3.03. The van der Waals surface area contributed by atoms with E-state index in [4.69, 9.17) is 9.15 Å². The van der Waals surface area contributed by atoms with Crippen LogP contribution >= 0.6 is 0 Å². The third-order valence-corrected chi connectivity index (χ3v) is 4.82. The fourth-order valence-corrected chi connectivity index (χ4v) is 3.40. The normalized spacial score (nSPS) is 20.5. The predicted molar refractivity (Wildman–Crippen MR) is 94.2 cm³/mol. The van der Waals surface area contributed by atoms with Crippen LogP contribution in [0.4, 0.5) is 4.79 Å². The zero-order valence-electron chi connectivity index (χ0n) is 14.7. The van der Waals surface area contributed by atoms with Gasteiger partial charge >= 0.3 is 12.0 Å². The van der Waals surface area contributed by atoms with E-state index in [0.29, 0.717) is 32.5 Å². The molecular weight excluding hydrogens is 320 g/mol. The quantitative estimate of drug-likeness (QED) is 0.866. The van der Waals surface area contributed by atoms with Crippen LogP contribution in [0.5, 0.6) is 0 Å². The molecule has 1 aliphatic heterocycles. The molecule has 0 unspecified atom stereocenters. The lowest BCUT2D eigenvalue weighted by molar-refractivity contribution is -0.148. The fourth-order valence-electron chi connectivity index (χ4n) is 3.40. The molecule has 134 valence electrons. The van der Waals surface area contributed by atoms with Crippen LogP contribution in [0, 0.1) is 11.8 Å². The molecule has 1 aliphatic rings. The van der Waals surface area contributed by atoms with Gasteiger partial charge in [0.05, 0.1) is 13.0 Å². The molecule has 2 atom stereocenters. The third kappa shape index (κ3) is 3.95. The standard InChI is InChI=1S/C19H24N2O4/c1-13-12-21(10-8-16(13)18(22)24-2)19(23)20-9-7-15-11-14-5-3-4-6-17(14)25-15/h3-6,11,13,16H,7-10,12H2,1-2H3,(H,20,23)/t13-,16+/m0/s1. The molecule has 1 aromatic heterocycles. The van der Waals surface area contributed by atoms with Crippen molar-refractivity contribution in [2.75, 3.05) is 26.7 Å². The molecule has 0 spiro atoms. The number of carbonyl (C=O) groups excluding carboxylic acids is 2. The van der Waals surface area contributed by atoms with Crippen LogP contribution < -0.4 is 5.32 Å². The van der Waals surface area contributed by atoms with Gasteiger partial charge in [-0.05, 0) is 24.5 Å². The van der Waals surface area contributed by atoms with Crippen LogP contribution in [-0.2, 0) is 16.0 Å². The molecule has 3 rings (SSSR count). The lowest BCUT2D eigenvalue weighted by atomic mass is 9.87. The van der Waals surface area contributed by atoms with Crippen LogP contribution in [0.15, 0.2) is 34.7 Å². The molecule has 2 aromatic rings. The van der Waals surface area contributed by atoms with E-state index in [-0.39, 0.29) is 23.8 Å². The second-order valence-electron chi connectivity index (χ2n) is 6.57. The number of rotatable bonds is 4. The molecule has 0 radical (unpaired) electrons. The van der Waals surface area contributed by atoms with Crippen LogP contribution in [-0.4, -0.2) is 43.6 Å². The van der Waals surface area contributed by atoms with Crippen molar-refractivity contribution < 1.29 is 18.7 Å². The van der Waals surface area contributed by atoms with Gasteiger partial charge in [-0.3, -0.25) is 4.79 Å². The SMILES string of the molecule is COC(=O)[C@@H]1CCN(C(=O)NCCc2cc3ccccc3o2)C[C@@H]1C. The van der Waals surface area contributed by atoms with Crippen molar-refractivity contribution in [3.05, 3.63) is 36.1 Å². The maximum atomic E-state index is 12.3. The molecule has 25 heavy (non-hydrogen) atoms. The van der Waals surface area contributed by atoms with Crippen LogP contribution in [0.3, 0.4) is 0 Å². The van der Waals surface area contributed by atoms with Crippen molar-refractivity contribution in [3.8, 4) is 0 Å². The lowest BCUT2D eigenvalue weighted by Gasteiger charge is -2.35. The molecule has 1 N–H and O–H groups in total. The Morgan fingerprint density at radius 3 is 2.88 bits per heavy atom. The number of likely N-dealkylation sites (tertiary alicyclic amines) is 1. The predicted octanol–water partition coefficient (Wildman–Crippen LogP) is 2.82. The zero-order chi connectivity index (χ0) is 17.8. The van der Waals surface area contributed by atoms with Gasteiger partial charge in [-0.15, -0.1) is 0 Å². The molecule has 1 aromatic carbocycles. The number of piperidine rings is 1. The van der Waals surface area contributed by atoms with Crippen molar-refractivity contribution in [1.82, 2.24) is 10.2 Å². The highest BCUT2D eigenvalue weighted by atomic mass is 16.5. The zero-order valence-corrected chi connectivity index (χ0v) is 14.7. The van der Waals surface area contributed by atoms with Gasteiger partial charge in [-0.25, -0.2) is 4.79 Å². The fraction of sp³-hybridized carbons (Fsp3) is 0.474. The molecule has 0 saturated carbocycles. The molecular formula is C19H24N2O4. The Kier molecular flexibility index (Phi) is 5.26. The monoisotopic (exact) mass is 344 g/mol. The van der Waals surface area contributed by atoms with Gasteiger partial charge in [0.1, 0.15) is 11.3 Å². The minimum atomic E-state index is -0.183. The summed E-state index contributed by atoms with van der Waals surface area (Å²) in [5.74, 6) is 0.656. The topological polar surface area (TPSA) is 71.8 Å². The molecule has 0 bridgehead atoms. The average molecular weight is 344 g/mol. The minimum Gasteiger partial charge on any atom is -0.469 e. The van der Waals surface area contributed by atoms with Gasteiger partial charge in [-0.2, -0.15) is 0 Å². The molecule has 2 amide bonds. The van der Waals surface area contributed by atoms with Crippen LogP contribution in [0.2, 0.25) is 0 Å². The molecule has 6 nitrogen and oxygen atoms in total. The summed E-state index contributed by atoms with van der Waals surface area (Å²) in [5.41, 5.74) is 0.863. The summed E-state index contributed by atoms with van der Waals surface area (Å²) in [6.45, 7) is 3.64. The number of furan rings is 1. The molecule has 0 aliphatic carbocycles. The molecule has 2 heterocycles. The summed E-state index contributed by atoms with van der Waals surface area (Å²) >= 11 is 0. The third-order valence-electron chi connectivity index (χ3n) is 4.82. The Morgan fingerprint density at radius 1 is 1.36 bits per heavy atom. The van der Waals surface area contributed by atoms with E-state index < -0.39 is 0 Å². The van der Waals surface area contributed by atoms with Gasteiger partial charge < -0.3 is 19.4 Å². The second kappa shape index (κ2) is 7.59. The lowest BCUT2D eigenvalue weighted by Crippen LogP contribution is -2.49. The number of fused-ring (bicyclic) bond motifs is 1. The highest BCUT2D eigenvalue weighted by Gasteiger charge is 2.33. The first-order chi connectivity index (χ1) is 12.1. The summed E-state index contributed by atoms with van der Waals surface area (Å²) in [4.78, 5) is 25.8. The molecule has 6 heteroatoms. The summed E-state index contributed by atoms with van der Waals surface area (Å²) < 4.78 is 10.6. The first-order valence-corrected chi connectivity index (χ1v) is 8.66. The number of benzene rings is 1. The highest BCUT2D eigenvalue weighted by Crippen LogP contribution is 2.24. The number of para-hydroxylation sites is 1. The maximum absolute atomic E-state index is 12.3. The number of amides is 2. The van der Waals surface area contributed by atoms with E-state index in [9.17, 15) is 9.59 Å². The van der Waals surface area contributed by atoms with Crippen molar-refractivity contribution in [2.24, 2.45) is 11.8 Å². The summed E-state index contributed by atoms with van der Waals surface area (Å²) in [6.07, 6.45) is 1.29. The first kappa shape index (κ1) is 17.3. The van der Waals surface area contributed by atoms with Gasteiger partial charge in [0.2, 0.25) is 0 Å². The van der Waals surface area contributed by atoms with E-state index in [1.165, 1.54) is 7.11 Å². The van der Waals surface area contributed by atoms with Crippen molar-refractivity contribution >= 4 is 23.0 Å². The van der Waals surface area contributed by atoms with Gasteiger partial charge in [-0.1, -0.05) is 25.1 Å². The Balaban J connectivity index is 1.47. The Hall–Kier alpha value is -2.50. The Morgan fingerprint density at radius 2 is 2.16 bits per heavy atom. The smallest absolute Gasteiger partial charge is 0.317 e. The summed E-state index contributed by atoms with van der Waals surface area (Å²) in [7, 11) is 1.41. The summed E-state index contributed by atoms with van der Waals surface area (Å²) in [5, 5.41) is 4.01. The van der Waals surface area contributed by atoms with Crippen molar-refractivity contribution in [3.63, 3.8) is 0 Å². The maximum Gasteiger partial charge on any atom is 0.317 e.